The normalized spacial score (nSPS) is 23.4. The lowest BCUT2D eigenvalue weighted by atomic mass is 10.1. The smallest absolute Gasteiger partial charge is 0.134 e. The molecule has 2 nitrogen and oxygen atoms in total. The Morgan fingerprint density at radius 2 is 1.81 bits per heavy atom. The lowest BCUT2D eigenvalue weighted by Gasteiger charge is -1.98. The summed E-state index contributed by atoms with van der Waals surface area (Å²) in [6, 6.07) is 12.8. The fraction of sp³-hybridized carbons (Fsp3) is 0.286. The molecule has 0 saturated heterocycles. The molecule has 2 atom stereocenters. The number of nitrogens with two attached hydrogens (primary N) is 1. The molecular weight excluding hydrogens is 198 g/mol. The van der Waals surface area contributed by atoms with Gasteiger partial charge in [-0.15, -0.1) is 0 Å². The maximum atomic E-state index is 5.82. The number of hydrogen-bond donors (Lipinski definition) is 1. The Morgan fingerprint density at radius 3 is 2.44 bits per heavy atom. The summed E-state index contributed by atoms with van der Waals surface area (Å²) in [5.41, 5.74) is 8.20. The first-order valence-corrected chi connectivity index (χ1v) is 5.66. The van der Waals surface area contributed by atoms with E-state index in [4.69, 9.17) is 10.2 Å². The largest absolute Gasteiger partial charge is 0.461 e. The van der Waals surface area contributed by atoms with E-state index in [-0.39, 0.29) is 0 Å². The first-order chi connectivity index (χ1) is 7.74. The molecule has 1 aromatic heterocycles. The standard InChI is InChI=1S/C14H15NO/c1-9-2-4-10(5-3-9)13-6-7-14(16-13)11-8-12(11)15/h2-7,11-12H,8,15H2,1H3. The Bertz CT molecular complexity index is 498. The second-order valence-electron chi connectivity index (χ2n) is 4.57. The summed E-state index contributed by atoms with van der Waals surface area (Å²) in [5.74, 6) is 2.41. The van der Waals surface area contributed by atoms with Crippen LogP contribution in [0.2, 0.25) is 0 Å². The van der Waals surface area contributed by atoms with E-state index in [1.807, 2.05) is 12.1 Å². The van der Waals surface area contributed by atoms with Crippen molar-refractivity contribution in [2.75, 3.05) is 0 Å². The van der Waals surface area contributed by atoms with E-state index in [0.29, 0.717) is 12.0 Å². The molecular formula is C14H15NO. The third-order valence-corrected chi connectivity index (χ3v) is 3.17. The molecule has 0 amide bonds. The summed E-state index contributed by atoms with van der Waals surface area (Å²) in [6.45, 7) is 2.08. The highest BCUT2D eigenvalue weighted by Crippen LogP contribution is 2.40. The third kappa shape index (κ3) is 1.65. The summed E-state index contributed by atoms with van der Waals surface area (Å²) in [5, 5.41) is 0. The summed E-state index contributed by atoms with van der Waals surface area (Å²) >= 11 is 0. The van der Waals surface area contributed by atoms with Gasteiger partial charge in [-0.25, -0.2) is 0 Å². The van der Waals surface area contributed by atoms with E-state index in [2.05, 4.69) is 31.2 Å². The molecule has 0 spiro atoms. The molecule has 1 aliphatic rings. The predicted molar refractivity (Wildman–Crippen MR) is 64.2 cm³/mol. The number of furan rings is 1. The van der Waals surface area contributed by atoms with E-state index in [0.717, 1.165) is 23.5 Å². The van der Waals surface area contributed by atoms with Crippen molar-refractivity contribution < 1.29 is 4.42 Å². The Kier molecular flexibility index (Phi) is 2.11. The van der Waals surface area contributed by atoms with Gasteiger partial charge in [-0.3, -0.25) is 0 Å². The fourth-order valence-corrected chi connectivity index (χ4v) is 1.97. The molecule has 82 valence electrons. The fourth-order valence-electron chi connectivity index (χ4n) is 1.97. The molecule has 1 aliphatic carbocycles. The quantitative estimate of drug-likeness (QED) is 0.832. The molecule has 0 bridgehead atoms. The maximum Gasteiger partial charge on any atom is 0.134 e. The highest BCUT2D eigenvalue weighted by molar-refractivity contribution is 5.58. The molecule has 1 fully saturated rings. The molecule has 2 N–H and O–H groups in total. The van der Waals surface area contributed by atoms with Gasteiger partial charge >= 0.3 is 0 Å². The summed E-state index contributed by atoms with van der Waals surface area (Å²) < 4.78 is 5.82. The number of benzene rings is 1. The molecule has 1 heterocycles. The van der Waals surface area contributed by atoms with Crippen molar-refractivity contribution in [2.24, 2.45) is 5.73 Å². The molecule has 1 saturated carbocycles. The van der Waals surface area contributed by atoms with Crippen LogP contribution in [-0.2, 0) is 0 Å². The van der Waals surface area contributed by atoms with Crippen LogP contribution in [0.3, 0.4) is 0 Å². The molecule has 16 heavy (non-hydrogen) atoms. The van der Waals surface area contributed by atoms with Crippen LogP contribution in [0, 0.1) is 6.92 Å². The minimum atomic E-state index is 0.303. The second kappa shape index (κ2) is 3.49. The number of aryl methyl sites for hydroxylation is 1. The van der Waals surface area contributed by atoms with Crippen molar-refractivity contribution in [3.05, 3.63) is 47.7 Å². The van der Waals surface area contributed by atoms with Crippen molar-refractivity contribution in [1.29, 1.82) is 0 Å². The van der Waals surface area contributed by atoms with E-state index in [1.165, 1.54) is 5.56 Å². The third-order valence-electron chi connectivity index (χ3n) is 3.17. The van der Waals surface area contributed by atoms with Crippen molar-refractivity contribution in [3.8, 4) is 11.3 Å². The van der Waals surface area contributed by atoms with Gasteiger partial charge in [0.1, 0.15) is 11.5 Å². The van der Waals surface area contributed by atoms with Crippen LogP contribution < -0.4 is 5.73 Å². The van der Waals surface area contributed by atoms with E-state index < -0.39 is 0 Å². The lowest BCUT2D eigenvalue weighted by Crippen LogP contribution is -2.00. The topological polar surface area (TPSA) is 39.2 Å². The van der Waals surface area contributed by atoms with Crippen LogP contribution in [0.15, 0.2) is 40.8 Å². The molecule has 0 aliphatic heterocycles. The predicted octanol–water partition coefficient (Wildman–Crippen LogP) is 3.07. The molecule has 0 radical (unpaired) electrons. The highest BCUT2D eigenvalue weighted by Gasteiger charge is 2.37. The zero-order chi connectivity index (χ0) is 11.1. The van der Waals surface area contributed by atoms with Crippen LogP contribution in [0.5, 0.6) is 0 Å². The van der Waals surface area contributed by atoms with Crippen molar-refractivity contribution in [2.45, 2.75) is 25.3 Å². The SMILES string of the molecule is Cc1ccc(-c2ccc(C3CC3N)o2)cc1. The maximum absolute atomic E-state index is 5.82. The first-order valence-electron chi connectivity index (χ1n) is 5.66. The van der Waals surface area contributed by atoms with Gasteiger partial charge in [0.2, 0.25) is 0 Å². The van der Waals surface area contributed by atoms with Crippen molar-refractivity contribution in [1.82, 2.24) is 0 Å². The van der Waals surface area contributed by atoms with Gasteiger partial charge in [-0.05, 0) is 25.5 Å². The number of rotatable bonds is 2. The van der Waals surface area contributed by atoms with E-state index in [9.17, 15) is 0 Å². The minimum absolute atomic E-state index is 0.303. The van der Waals surface area contributed by atoms with Gasteiger partial charge in [0.05, 0.1) is 0 Å². The zero-order valence-corrected chi connectivity index (χ0v) is 9.31. The molecule has 2 heteroatoms. The average Bonchev–Trinajstić information content (AvgIpc) is 2.82. The van der Waals surface area contributed by atoms with Gasteiger partial charge < -0.3 is 10.2 Å². The van der Waals surface area contributed by atoms with E-state index in [1.54, 1.807) is 0 Å². The lowest BCUT2D eigenvalue weighted by molar-refractivity contribution is 0.522. The van der Waals surface area contributed by atoms with Crippen LogP contribution in [-0.4, -0.2) is 6.04 Å². The molecule has 2 unspecified atom stereocenters. The zero-order valence-electron chi connectivity index (χ0n) is 9.31. The van der Waals surface area contributed by atoms with Crippen molar-refractivity contribution in [3.63, 3.8) is 0 Å². The summed E-state index contributed by atoms with van der Waals surface area (Å²) in [4.78, 5) is 0. The Labute approximate surface area is 95.1 Å². The monoisotopic (exact) mass is 213 g/mol. The Balaban J connectivity index is 1.89. The minimum Gasteiger partial charge on any atom is -0.461 e. The summed E-state index contributed by atoms with van der Waals surface area (Å²) in [7, 11) is 0. The molecule has 3 rings (SSSR count). The molecule has 2 aromatic rings. The van der Waals surface area contributed by atoms with Crippen LogP contribution in [0.1, 0.15) is 23.7 Å². The second-order valence-corrected chi connectivity index (χ2v) is 4.57. The van der Waals surface area contributed by atoms with E-state index >= 15 is 0 Å². The Hall–Kier alpha value is -1.54. The van der Waals surface area contributed by atoms with Gasteiger partial charge in [0.25, 0.3) is 0 Å². The Morgan fingerprint density at radius 1 is 1.12 bits per heavy atom. The summed E-state index contributed by atoms with van der Waals surface area (Å²) in [6.07, 6.45) is 1.06. The highest BCUT2D eigenvalue weighted by atomic mass is 16.3. The number of hydrogen-bond acceptors (Lipinski definition) is 2. The van der Waals surface area contributed by atoms with Crippen molar-refractivity contribution >= 4 is 0 Å². The van der Waals surface area contributed by atoms with Crippen LogP contribution in [0.25, 0.3) is 11.3 Å². The van der Waals surface area contributed by atoms with Crippen LogP contribution in [0.4, 0.5) is 0 Å². The van der Waals surface area contributed by atoms with Gasteiger partial charge in [-0.1, -0.05) is 29.8 Å². The van der Waals surface area contributed by atoms with Gasteiger partial charge in [0, 0.05) is 17.5 Å². The average molecular weight is 213 g/mol. The van der Waals surface area contributed by atoms with Crippen LogP contribution >= 0.6 is 0 Å². The molecule has 1 aromatic carbocycles. The van der Waals surface area contributed by atoms with Gasteiger partial charge in [-0.2, -0.15) is 0 Å². The van der Waals surface area contributed by atoms with Gasteiger partial charge in [0.15, 0.2) is 0 Å². The first kappa shape index (κ1) is 9.67.